The molecule has 0 unspecified atom stereocenters. The fourth-order valence-electron chi connectivity index (χ4n) is 2.76. The molecule has 0 bridgehead atoms. The van der Waals surface area contributed by atoms with Crippen molar-refractivity contribution in [3.05, 3.63) is 42.0 Å². The van der Waals surface area contributed by atoms with Crippen LogP contribution < -0.4 is 5.73 Å². The van der Waals surface area contributed by atoms with Gasteiger partial charge in [-0.1, -0.05) is 0 Å². The molecular formula is C15H19N5O. The third kappa shape index (κ3) is 2.80. The number of hydrogen-bond donors (Lipinski definition) is 1. The van der Waals surface area contributed by atoms with E-state index in [1.807, 2.05) is 30.0 Å². The van der Waals surface area contributed by atoms with Crippen molar-refractivity contribution in [3.8, 4) is 5.69 Å². The Morgan fingerprint density at radius 2 is 2.29 bits per heavy atom. The first-order valence-corrected chi connectivity index (χ1v) is 7.15. The van der Waals surface area contributed by atoms with Crippen LogP contribution in [0.25, 0.3) is 5.69 Å². The van der Waals surface area contributed by atoms with Gasteiger partial charge in [-0.2, -0.15) is 5.10 Å². The molecule has 0 aliphatic carbocycles. The maximum Gasteiger partial charge on any atom is 0.253 e. The summed E-state index contributed by atoms with van der Waals surface area (Å²) in [6, 6.07) is 5.74. The van der Waals surface area contributed by atoms with E-state index in [0.29, 0.717) is 12.1 Å². The summed E-state index contributed by atoms with van der Waals surface area (Å²) in [5.74, 6) is 0.0541. The van der Waals surface area contributed by atoms with Crippen LogP contribution in [0.2, 0.25) is 0 Å². The molecule has 2 N–H and O–H groups in total. The van der Waals surface area contributed by atoms with Crippen LogP contribution >= 0.6 is 0 Å². The van der Waals surface area contributed by atoms with Crippen LogP contribution in [0.15, 0.2) is 30.9 Å². The minimum atomic E-state index is 0.0541. The lowest BCUT2D eigenvalue weighted by molar-refractivity contribution is 0.0708. The van der Waals surface area contributed by atoms with Crippen molar-refractivity contribution in [3.63, 3.8) is 0 Å². The van der Waals surface area contributed by atoms with Crippen molar-refractivity contribution in [2.75, 3.05) is 13.1 Å². The molecule has 0 spiro atoms. The van der Waals surface area contributed by atoms with Crippen LogP contribution in [-0.2, 0) is 0 Å². The number of rotatable bonds is 2. The van der Waals surface area contributed by atoms with Gasteiger partial charge in [0, 0.05) is 24.7 Å². The van der Waals surface area contributed by atoms with Gasteiger partial charge in [0.25, 0.3) is 5.91 Å². The van der Waals surface area contributed by atoms with Gasteiger partial charge in [0.15, 0.2) is 0 Å². The van der Waals surface area contributed by atoms with Gasteiger partial charge in [-0.3, -0.25) is 4.79 Å². The lowest BCUT2D eigenvalue weighted by Crippen LogP contribution is -2.45. The molecule has 21 heavy (non-hydrogen) atoms. The van der Waals surface area contributed by atoms with Crippen molar-refractivity contribution in [1.82, 2.24) is 19.7 Å². The average molecular weight is 285 g/mol. The summed E-state index contributed by atoms with van der Waals surface area (Å²) < 4.78 is 1.69. The molecule has 0 radical (unpaired) electrons. The summed E-state index contributed by atoms with van der Waals surface area (Å²) in [6.07, 6.45) is 5.11. The van der Waals surface area contributed by atoms with E-state index in [1.165, 1.54) is 6.33 Å². The zero-order valence-electron chi connectivity index (χ0n) is 12.1. The standard InChI is InChI=1S/C15H19N5O/c1-11-7-12(4-5-14(11)20-10-17-9-18-20)15(21)19-6-2-3-13(16)8-19/h4-5,7,9-10,13H,2-3,6,8,16H2,1H3/t13-/m0/s1. The number of nitrogens with zero attached hydrogens (tertiary/aromatic N) is 4. The average Bonchev–Trinajstić information content (AvgIpc) is 3.00. The van der Waals surface area contributed by atoms with Gasteiger partial charge in [0.05, 0.1) is 5.69 Å². The summed E-state index contributed by atoms with van der Waals surface area (Å²) in [4.78, 5) is 18.3. The van der Waals surface area contributed by atoms with Gasteiger partial charge >= 0.3 is 0 Å². The highest BCUT2D eigenvalue weighted by Gasteiger charge is 2.22. The van der Waals surface area contributed by atoms with E-state index in [-0.39, 0.29) is 11.9 Å². The molecule has 6 heteroatoms. The number of carbonyl (C=O) groups is 1. The highest BCUT2D eigenvalue weighted by molar-refractivity contribution is 5.94. The first-order chi connectivity index (χ1) is 10.1. The van der Waals surface area contributed by atoms with Crippen molar-refractivity contribution < 1.29 is 4.79 Å². The minimum Gasteiger partial charge on any atom is -0.337 e. The van der Waals surface area contributed by atoms with Gasteiger partial charge in [0.1, 0.15) is 12.7 Å². The Morgan fingerprint density at radius 3 is 2.95 bits per heavy atom. The Morgan fingerprint density at radius 1 is 1.43 bits per heavy atom. The van der Waals surface area contributed by atoms with Crippen molar-refractivity contribution >= 4 is 5.91 Å². The van der Waals surface area contributed by atoms with Gasteiger partial charge in [-0.15, -0.1) is 0 Å². The fourth-order valence-corrected chi connectivity index (χ4v) is 2.76. The molecule has 1 saturated heterocycles. The summed E-state index contributed by atoms with van der Waals surface area (Å²) in [6.45, 7) is 3.40. The van der Waals surface area contributed by atoms with E-state index in [0.717, 1.165) is 30.6 Å². The highest BCUT2D eigenvalue weighted by Crippen LogP contribution is 2.18. The van der Waals surface area contributed by atoms with Crippen LogP contribution in [0.5, 0.6) is 0 Å². The van der Waals surface area contributed by atoms with Crippen LogP contribution in [0.3, 0.4) is 0 Å². The third-order valence-electron chi connectivity index (χ3n) is 3.85. The molecule has 1 aromatic carbocycles. The van der Waals surface area contributed by atoms with E-state index >= 15 is 0 Å². The molecule has 110 valence electrons. The van der Waals surface area contributed by atoms with Gasteiger partial charge in [-0.05, 0) is 43.5 Å². The molecule has 1 atom stereocenters. The fraction of sp³-hybridized carbons (Fsp3) is 0.400. The SMILES string of the molecule is Cc1cc(C(=O)N2CCC[C@H](N)C2)ccc1-n1cncn1. The Hall–Kier alpha value is -2.21. The molecule has 2 heterocycles. The molecule has 6 nitrogen and oxygen atoms in total. The van der Waals surface area contributed by atoms with Gasteiger partial charge < -0.3 is 10.6 Å². The maximum atomic E-state index is 12.5. The maximum absolute atomic E-state index is 12.5. The predicted octanol–water partition coefficient (Wildman–Crippen LogP) is 1.14. The molecule has 1 fully saturated rings. The molecule has 1 aliphatic heterocycles. The monoisotopic (exact) mass is 285 g/mol. The summed E-state index contributed by atoms with van der Waals surface area (Å²) in [7, 11) is 0. The first kappa shape index (κ1) is 13.8. The normalized spacial score (nSPS) is 18.8. The number of likely N-dealkylation sites (tertiary alicyclic amines) is 1. The van der Waals surface area contributed by atoms with Crippen LogP contribution in [0, 0.1) is 6.92 Å². The number of aryl methyl sites for hydroxylation is 1. The second-order valence-corrected chi connectivity index (χ2v) is 5.49. The number of amides is 1. The first-order valence-electron chi connectivity index (χ1n) is 7.15. The lowest BCUT2D eigenvalue weighted by atomic mass is 10.0. The van der Waals surface area contributed by atoms with Crippen LogP contribution in [0.4, 0.5) is 0 Å². The predicted molar refractivity (Wildman–Crippen MR) is 79.2 cm³/mol. The third-order valence-corrected chi connectivity index (χ3v) is 3.85. The zero-order chi connectivity index (χ0) is 14.8. The van der Waals surface area contributed by atoms with E-state index in [9.17, 15) is 4.79 Å². The minimum absolute atomic E-state index is 0.0541. The number of benzene rings is 1. The topological polar surface area (TPSA) is 77.0 Å². The lowest BCUT2D eigenvalue weighted by Gasteiger charge is -2.31. The number of aromatic nitrogens is 3. The van der Waals surface area contributed by atoms with Crippen LogP contribution in [-0.4, -0.2) is 44.7 Å². The largest absolute Gasteiger partial charge is 0.337 e. The van der Waals surface area contributed by atoms with Crippen molar-refractivity contribution in [2.45, 2.75) is 25.8 Å². The number of nitrogens with two attached hydrogens (primary N) is 1. The summed E-state index contributed by atoms with van der Waals surface area (Å²) in [5.41, 5.74) is 8.57. The summed E-state index contributed by atoms with van der Waals surface area (Å²) >= 11 is 0. The highest BCUT2D eigenvalue weighted by atomic mass is 16.2. The van der Waals surface area contributed by atoms with Gasteiger partial charge in [0.2, 0.25) is 0 Å². The van der Waals surface area contributed by atoms with E-state index in [1.54, 1.807) is 11.0 Å². The second-order valence-electron chi connectivity index (χ2n) is 5.49. The molecule has 1 aromatic heterocycles. The van der Waals surface area contributed by atoms with E-state index in [2.05, 4.69) is 10.1 Å². The number of carbonyl (C=O) groups excluding carboxylic acids is 1. The van der Waals surface area contributed by atoms with Crippen molar-refractivity contribution in [1.29, 1.82) is 0 Å². The Bertz CT molecular complexity index is 638. The molecule has 0 saturated carbocycles. The van der Waals surface area contributed by atoms with E-state index in [4.69, 9.17) is 5.73 Å². The zero-order valence-corrected chi connectivity index (χ0v) is 12.1. The summed E-state index contributed by atoms with van der Waals surface area (Å²) in [5, 5.41) is 4.12. The Kier molecular flexibility index (Phi) is 3.70. The van der Waals surface area contributed by atoms with Crippen LogP contribution in [0.1, 0.15) is 28.8 Å². The molecule has 1 aliphatic rings. The van der Waals surface area contributed by atoms with E-state index < -0.39 is 0 Å². The number of hydrogen-bond acceptors (Lipinski definition) is 4. The molecule has 2 aromatic rings. The molecular weight excluding hydrogens is 266 g/mol. The number of piperidine rings is 1. The Balaban J connectivity index is 1.83. The Labute approximate surface area is 123 Å². The quantitative estimate of drug-likeness (QED) is 0.897. The molecule has 1 amide bonds. The smallest absolute Gasteiger partial charge is 0.253 e. The van der Waals surface area contributed by atoms with Gasteiger partial charge in [-0.25, -0.2) is 9.67 Å². The van der Waals surface area contributed by atoms with Crippen molar-refractivity contribution in [2.24, 2.45) is 5.73 Å². The second kappa shape index (κ2) is 5.65. The molecule has 3 rings (SSSR count).